The molecule has 0 bridgehead atoms. The smallest absolute Gasteiger partial charge is 0.405 e. The van der Waals surface area contributed by atoms with Crippen molar-refractivity contribution in [1.82, 2.24) is 0 Å². The third-order valence-electron chi connectivity index (χ3n) is 2.08. The molecule has 96 valence electrons. The molecule has 1 unspecified atom stereocenters. The molecule has 0 aromatic carbocycles. The molecular formula is C6H6O10S. The van der Waals surface area contributed by atoms with Gasteiger partial charge in [0.1, 0.15) is 0 Å². The summed E-state index contributed by atoms with van der Waals surface area (Å²) in [5.41, 5.74) is 0. The number of aliphatic hydroxyl groups is 4. The minimum atomic E-state index is -4.71. The van der Waals surface area contributed by atoms with Crippen molar-refractivity contribution in [2.24, 2.45) is 0 Å². The highest BCUT2D eigenvalue weighted by Gasteiger charge is 2.63. The zero-order chi connectivity index (χ0) is 13.0. The molecule has 10 nitrogen and oxygen atoms in total. The maximum Gasteiger partial charge on any atom is 0.405 e. The lowest BCUT2D eigenvalue weighted by Crippen LogP contribution is -2.51. The summed E-state index contributed by atoms with van der Waals surface area (Å²) in [5, 5.41) is 37.0. The van der Waals surface area contributed by atoms with Crippen molar-refractivity contribution in [3.05, 3.63) is 11.5 Å². The highest BCUT2D eigenvalue weighted by atomic mass is 32.3. The lowest BCUT2D eigenvalue weighted by Gasteiger charge is -2.25. The predicted molar refractivity (Wildman–Crippen MR) is 44.2 cm³/mol. The molecule has 2 aliphatic heterocycles. The summed E-state index contributed by atoms with van der Waals surface area (Å²) in [7, 11) is -4.71. The third-order valence-corrected chi connectivity index (χ3v) is 2.97. The average molecular weight is 270 g/mol. The SMILES string of the molecule is O=C1O[C@H]([C@]2(O)OS(=O)(=O)OC2O)C(O)=C1O. The molecule has 4 N–H and O–H groups in total. The van der Waals surface area contributed by atoms with Gasteiger partial charge in [0.2, 0.25) is 18.2 Å². The molecule has 0 spiro atoms. The Labute approximate surface area is 93.6 Å². The van der Waals surface area contributed by atoms with Gasteiger partial charge in [0.05, 0.1) is 0 Å². The number of ether oxygens (including phenoxy) is 1. The number of cyclic esters (lactones) is 1. The minimum Gasteiger partial charge on any atom is -0.505 e. The van der Waals surface area contributed by atoms with Gasteiger partial charge in [0.25, 0.3) is 5.79 Å². The first kappa shape index (κ1) is 12.1. The number of hydrogen-bond acceptors (Lipinski definition) is 10. The zero-order valence-electron chi connectivity index (χ0n) is 7.80. The van der Waals surface area contributed by atoms with Crippen molar-refractivity contribution >= 4 is 16.4 Å². The second-order valence-corrected chi connectivity index (χ2v) is 4.39. The van der Waals surface area contributed by atoms with Crippen molar-refractivity contribution < 1.29 is 46.7 Å². The molecular weight excluding hydrogens is 264 g/mol. The van der Waals surface area contributed by atoms with E-state index in [0.717, 1.165) is 0 Å². The third kappa shape index (κ3) is 1.64. The molecule has 2 aliphatic rings. The van der Waals surface area contributed by atoms with Crippen LogP contribution in [0.4, 0.5) is 0 Å². The Morgan fingerprint density at radius 3 is 2.24 bits per heavy atom. The van der Waals surface area contributed by atoms with Crippen LogP contribution in [-0.4, -0.2) is 53.0 Å². The van der Waals surface area contributed by atoms with Crippen LogP contribution in [0.2, 0.25) is 0 Å². The van der Waals surface area contributed by atoms with Crippen LogP contribution in [0.1, 0.15) is 0 Å². The molecule has 2 heterocycles. The van der Waals surface area contributed by atoms with Crippen molar-refractivity contribution in [3.8, 4) is 0 Å². The topological polar surface area (TPSA) is 160 Å². The van der Waals surface area contributed by atoms with E-state index in [9.17, 15) is 23.4 Å². The number of carbonyl (C=O) groups is 1. The maximum atomic E-state index is 10.8. The predicted octanol–water partition coefficient (Wildman–Crippen LogP) is -2.46. The van der Waals surface area contributed by atoms with Crippen molar-refractivity contribution in [2.45, 2.75) is 18.2 Å². The van der Waals surface area contributed by atoms with E-state index < -0.39 is 46.1 Å². The normalized spacial score (nSPS) is 40.7. The summed E-state index contributed by atoms with van der Waals surface area (Å²) in [6.45, 7) is 0. The van der Waals surface area contributed by atoms with E-state index >= 15 is 0 Å². The lowest BCUT2D eigenvalue weighted by molar-refractivity contribution is -0.266. The molecule has 11 heteroatoms. The van der Waals surface area contributed by atoms with E-state index in [0.29, 0.717) is 0 Å². The summed E-state index contributed by atoms with van der Waals surface area (Å²) < 4.78 is 33.7. The van der Waals surface area contributed by atoms with Crippen LogP contribution in [-0.2, 0) is 28.3 Å². The summed E-state index contributed by atoms with van der Waals surface area (Å²) >= 11 is 0. The monoisotopic (exact) mass is 270 g/mol. The number of rotatable bonds is 1. The maximum absolute atomic E-state index is 10.8. The van der Waals surface area contributed by atoms with Crippen LogP contribution in [0.15, 0.2) is 11.5 Å². The highest BCUT2D eigenvalue weighted by molar-refractivity contribution is 7.82. The molecule has 0 aromatic heterocycles. The first-order chi connectivity index (χ1) is 7.67. The first-order valence-electron chi connectivity index (χ1n) is 4.05. The summed E-state index contributed by atoms with van der Waals surface area (Å²) in [5.74, 6) is -6.90. The van der Waals surface area contributed by atoms with Crippen LogP contribution in [0.25, 0.3) is 0 Å². The second-order valence-electron chi connectivity index (χ2n) is 3.21. The van der Waals surface area contributed by atoms with Gasteiger partial charge in [-0.1, -0.05) is 0 Å². The Morgan fingerprint density at radius 1 is 1.29 bits per heavy atom. The standard InChI is InChI=1S/C6H6O10S/c7-1-2(8)4(9)14-3(1)6(11)5(10)15-17(12,13)16-6/h3,5,7-8,10-11H/t3-,5?,6-/m0/s1. The molecule has 3 atom stereocenters. The van der Waals surface area contributed by atoms with Gasteiger partial charge in [-0.2, -0.15) is 8.42 Å². The molecule has 17 heavy (non-hydrogen) atoms. The van der Waals surface area contributed by atoms with Crippen LogP contribution in [0, 0.1) is 0 Å². The fourth-order valence-electron chi connectivity index (χ4n) is 1.31. The average Bonchev–Trinajstić information content (AvgIpc) is 2.56. The van der Waals surface area contributed by atoms with Gasteiger partial charge in [-0.05, 0) is 0 Å². The molecule has 1 fully saturated rings. The minimum absolute atomic E-state index is 1.18. The van der Waals surface area contributed by atoms with Crippen molar-refractivity contribution in [3.63, 3.8) is 0 Å². The fraction of sp³-hybridized carbons (Fsp3) is 0.500. The number of aliphatic hydroxyl groups excluding tert-OH is 3. The van der Waals surface area contributed by atoms with Gasteiger partial charge in [-0.3, -0.25) is 0 Å². The van der Waals surface area contributed by atoms with E-state index in [1.54, 1.807) is 0 Å². The highest BCUT2D eigenvalue weighted by Crippen LogP contribution is 2.37. The van der Waals surface area contributed by atoms with Gasteiger partial charge >= 0.3 is 16.4 Å². The Kier molecular flexibility index (Phi) is 2.34. The largest absolute Gasteiger partial charge is 0.505 e. The molecule has 0 radical (unpaired) electrons. The van der Waals surface area contributed by atoms with E-state index in [-0.39, 0.29) is 0 Å². The van der Waals surface area contributed by atoms with Crippen LogP contribution < -0.4 is 0 Å². The number of hydrogen-bond donors (Lipinski definition) is 4. The molecule has 0 saturated carbocycles. The summed E-state index contributed by atoms with van der Waals surface area (Å²) in [4.78, 5) is 10.8. The van der Waals surface area contributed by atoms with E-state index in [2.05, 4.69) is 13.1 Å². The summed E-state index contributed by atoms with van der Waals surface area (Å²) in [6, 6.07) is 0. The van der Waals surface area contributed by atoms with Gasteiger partial charge in [-0.15, -0.1) is 0 Å². The van der Waals surface area contributed by atoms with Crippen LogP contribution >= 0.6 is 0 Å². The molecule has 2 rings (SSSR count). The molecule has 1 saturated heterocycles. The van der Waals surface area contributed by atoms with Crippen molar-refractivity contribution in [2.75, 3.05) is 0 Å². The Balaban J connectivity index is 2.40. The van der Waals surface area contributed by atoms with Gasteiger partial charge in [0.15, 0.2) is 5.76 Å². The Hall–Kier alpha value is -1.40. The van der Waals surface area contributed by atoms with E-state index in [1.165, 1.54) is 0 Å². The molecule has 0 aliphatic carbocycles. The number of carbonyl (C=O) groups excluding carboxylic acids is 1. The van der Waals surface area contributed by atoms with Gasteiger partial charge in [0, 0.05) is 0 Å². The summed E-state index contributed by atoms with van der Waals surface area (Å²) in [6.07, 6.45) is -4.55. The lowest BCUT2D eigenvalue weighted by atomic mass is 10.1. The van der Waals surface area contributed by atoms with Crippen LogP contribution in [0.5, 0.6) is 0 Å². The molecule has 0 amide bonds. The van der Waals surface area contributed by atoms with Gasteiger partial charge < -0.3 is 25.2 Å². The Morgan fingerprint density at radius 2 is 1.88 bits per heavy atom. The fourth-order valence-corrected chi connectivity index (χ4v) is 2.20. The first-order valence-corrected chi connectivity index (χ1v) is 5.38. The second kappa shape index (κ2) is 3.30. The van der Waals surface area contributed by atoms with E-state index in [4.69, 9.17) is 10.2 Å². The number of esters is 1. The Bertz CT molecular complexity index is 505. The van der Waals surface area contributed by atoms with Crippen molar-refractivity contribution in [1.29, 1.82) is 0 Å². The zero-order valence-corrected chi connectivity index (χ0v) is 8.62. The van der Waals surface area contributed by atoms with E-state index in [1.807, 2.05) is 0 Å². The van der Waals surface area contributed by atoms with Gasteiger partial charge in [-0.25, -0.2) is 13.2 Å². The quantitative estimate of drug-likeness (QED) is 0.376. The van der Waals surface area contributed by atoms with Crippen LogP contribution in [0.3, 0.4) is 0 Å². The molecule has 0 aromatic rings.